The minimum atomic E-state index is -0.988. The molecule has 1 heterocycles. The predicted molar refractivity (Wildman–Crippen MR) is 148 cm³/mol. The molecular formula is C30H34N4O5. The van der Waals surface area contributed by atoms with Crippen molar-refractivity contribution in [2.75, 3.05) is 20.1 Å². The maximum atomic E-state index is 13.2. The summed E-state index contributed by atoms with van der Waals surface area (Å²) in [5, 5.41) is 28.9. The van der Waals surface area contributed by atoms with Gasteiger partial charge in [0.25, 0.3) is 5.91 Å². The predicted octanol–water partition coefficient (Wildman–Crippen LogP) is 2.93. The molecule has 2 aliphatic carbocycles. The Morgan fingerprint density at radius 2 is 1.97 bits per heavy atom. The Morgan fingerprint density at radius 1 is 1.23 bits per heavy atom. The number of carbonyl (C=O) groups excluding carboxylic acids is 2. The number of aliphatic hydroxyl groups is 1. The van der Waals surface area contributed by atoms with Gasteiger partial charge in [0.2, 0.25) is 0 Å². The molecule has 2 fully saturated rings. The number of phenolic OH excluding ortho intramolecular Hbond substituents is 1. The normalized spacial score (nSPS) is 26.4. The van der Waals surface area contributed by atoms with E-state index in [1.807, 2.05) is 13.1 Å². The zero-order chi connectivity index (χ0) is 27.9. The van der Waals surface area contributed by atoms with Gasteiger partial charge in [0.05, 0.1) is 16.7 Å². The summed E-state index contributed by atoms with van der Waals surface area (Å²) in [7, 11) is 2.05. The molecule has 1 saturated carbocycles. The van der Waals surface area contributed by atoms with Crippen molar-refractivity contribution in [2.45, 2.75) is 55.6 Å². The number of aromatic hydroxyl groups is 1. The van der Waals surface area contributed by atoms with E-state index in [2.05, 4.69) is 22.0 Å². The number of allylic oxidation sites excluding steroid dienone is 1. The number of piperidine rings is 1. The molecule has 9 heteroatoms. The highest BCUT2D eigenvalue weighted by molar-refractivity contribution is 6.19. The third-order valence-corrected chi connectivity index (χ3v) is 9.06. The Morgan fingerprint density at radius 3 is 2.67 bits per heavy atom. The number of fused-ring (bicyclic) bond motifs is 1. The Labute approximate surface area is 227 Å². The maximum Gasteiger partial charge on any atom is 0.318 e. The van der Waals surface area contributed by atoms with E-state index in [-0.39, 0.29) is 28.8 Å². The van der Waals surface area contributed by atoms with Gasteiger partial charge >= 0.3 is 5.91 Å². The fourth-order valence-electron chi connectivity index (χ4n) is 7.04. The number of nitrogens with one attached hydrogen (secondary N) is 1. The highest BCUT2D eigenvalue weighted by atomic mass is 16.3. The lowest BCUT2D eigenvalue weighted by Crippen LogP contribution is -2.71. The van der Waals surface area contributed by atoms with E-state index in [0.717, 1.165) is 35.9 Å². The minimum Gasteiger partial charge on any atom is -0.507 e. The molecule has 5 rings (SSSR count). The van der Waals surface area contributed by atoms with Crippen molar-refractivity contribution in [3.05, 3.63) is 87.5 Å². The standard InChI is InChI=1S/C30H34N4O5/c1-18-9-11-30(38)24-15-21-7-8-22(26(35)25(21)29(30,16-18)12-14-34(24)2)27(36)32-13-10-19-3-5-20(6-4-19)23(17-31)28(37)33-39/h3-8,17,24,35,38H,1,9-16,31H2,2H3,(H,32,36)/b23-17-. The van der Waals surface area contributed by atoms with Gasteiger partial charge in [0, 0.05) is 34.9 Å². The molecule has 0 aromatic heterocycles. The lowest BCUT2D eigenvalue weighted by atomic mass is 9.48. The molecule has 2 aromatic carbocycles. The number of nitrogens with two attached hydrogens (primary N) is 1. The largest absolute Gasteiger partial charge is 0.507 e. The zero-order valence-electron chi connectivity index (χ0n) is 22.1. The van der Waals surface area contributed by atoms with Crippen LogP contribution in [0.4, 0.5) is 0 Å². The molecule has 3 atom stereocenters. The van der Waals surface area contributed by atoms with Crippen molar-refractivity contribution in [2.24, 2.45) is 10.9 Å². The first-order valence-electron chi connectivity index (χ1n) is 13.3. The fraction of sp³-hybridized carbons (Fsp3) is 0.400. The maximum absolute atomic E-state index is 13.2. The molecule has 3 unspecified atom stereocenters. The number of nitrogens with zero attached hydrogens (tertiary/aromatic N) is 2. The smallest absolute Gasteiger partial charge is 0.318 e. The third-order valence-electron chi connectivity index (χ3n) is 9.06. The lowest BCUT2D eigenvalue weighted by molar-refractivity contribution is -0.153. The molecule has 2 bridgehead atoms. The molecule has 2 amide bonds. The Bertz CT molecular complexity index is 1380. The van der Waals surface area contributed by atoms with Crippen molar-refractivity contribution in [3.63, 3.8) is 0 Å². The van der Waals surface area contributed by atoms with Crippen LogP contribution in [-0.4, -0.2) is 58.7 Å². The van der Waals surface area contributed by atoms with E-state index < -0.39 is 16.9 Å². The van der Waals surface area contributed by atoms with Crippen LogP contribution in [0.2, 0.25) is 0 Å². The van der Waals surface area contributed by atoms with E-state index >= 15 is 0 Å². The summed E-state index contributed by atoms with van der Waals surface area (Å²) in [4.78, 5) is 37.6. The van der Waals surface area contributed by atoms with Crippen molar-refractivity contribution in [1.29, 1.82) is 0 Å². The Kier molecular flexibility index (Phi) is 6.90. The number of hydrogen-bond acceptors (Lipinski definition) is 7. The van der Waals surface area contributed by atoms with Gasteiger partial charge in [-0.3, -0.25) is 9.59 Å². The van der Waals surface area contributed by atoms with Crippen molar-refractivity contribution < 1.29 is 19.8 Å². The molecule has 1 aliphatic heterocycles. The first-order chi connectivity index (χ1) is 18.6. The monoisotopic (exact) mass is 530 g/mol. The Hall–Kier alpha value is -3.82. The first kappa shape index (κ1) is 26.8. The molecule has 9 nitrogen and oxygen atoms in total. The summed E-state index contributed by atoms with van der Waals surface area (Å²) >= 11 is 0. The second-order valence-corrected chi connectivity index (χ2v) is 11.1. The summed E-state index contributed by atoms with van der Waals surface area (Å²) < 4.78 is 0. The van der Waals surface area contributed by atoms with Crippen LogP contribution in [-0.2, 0) is 23.1 Å². The van der Waals surface area contributed by atoms with Gasteiger partial charge in [0.15, 0.2) is 0 Å². The van der Waals surface area contributed by atoms with Gasteiger partial charge in [-0.15, -0.1) is 4.91 Å². The van der Waals surface area contributed by atoms with Crippen molar-refractivity contribution in [3.8, 4) is 5.75 Å². The van der Waals surface area contributed by atoms with E-state index in [9.17, 15) is 24.7 Å². The van der Waals surface area contributed by atoms with Crippen LogP contribution in [0.15, 0.2) is 59.9 Å². The highest BCUT2D eigenvalue weighted by Gasteiger charge is 2.64. The molecule has 3 aliphatic rings. The molecule has 0 spiro atoms. The SMILES string of the molecule is C=C1CCC2(O)C3Cc4ccc(C(=O)NCCc5ccc(/C(=C/N)C(=O)N=O)cc5)c(O)c4C2(CCN3C)C1. The van der Waals surface area contributed by atoms with E-state index in [1.54, 1.807) is 30.3 Å². The summed E-state index contributed by atoms with van der Waals surface area (Å²) in [5.74, 6) is -1.36. The van der Waals surface area contributed by atoms with Crippen molar-refractivity contribution in [1.82, 2.24) is 10.2 Å². The number of benzene rings is 2. The third kappa shape index (κ3) is 4.26. The quantitative estimate of drug-likeness (QED) is 0.255. The number of phenols is 1. The average Bonchev–Trinajstić information content (AvgIpc) is 2.92. The molecule has 5 N–H and O–H groups in total. The van der Waals surface area contributed by atoms with E-state index in [0.29, 0.717) is 49.8 Å². The number of rotatable bonds is 6. The van der Waals surface area contributed by atoms with Gasteiger partial charge in [0.1, 0.15) is 5.75 Å². The van der Waals surface area contributed by atoms with Crippen LogP contribution in [0.5, 0.6) is 5.75 Å². The molecule has 204 valence electrons. The van der Waals surface area contributed by atoms with E-state index in [4.69, 9.17) is 5.73 Å². The van der Waals surface area contributed by atoms with E-state index in [1.165, 1.54) is 0 Å². The van der Waals surface area contributed by atoms with Crippen LogP contribution in [0, 0.1) is 4.91 Å². The second-order valence-electron chi connectivity index (χ2n) is 11.1. The van der Waals surface area contributed by atoms with Crippen LogP contribution >= 0.6 is 0 Å². The minimum absolute atomic E-state index is 0.0246. The van der Waals surface area contributed by atoms with Crippen LogP contribution in [0.1, 0.15) is 58.3 Å². The van der Waals surface area contributed by atoms with Gasteiger partial charge in [-0.2, -0.15) is 0 Å². The number of likely N-dealkylation sites (tertiary alicyclic amines) is 1. The van der Waals surface area contributed by atoms with Gasteiger partial charge < -0.3 is 26.2 Å². The first-order valence-corrected chi connectivity index (χ1v) is 13.3. The van der Waals surface area contributed by atoms with Crippen LogP contribution in [0.25, 0.3) is 5.57 Å². The van der Waals surface area contributed by atoms with Gasteiger partial charge in [-0.25, -0.2) is 0 Å². The number of carbonyl (C=O) groups is 2. The van der Waals surface area contributed by atoms with Crippen molar-refractivity contribution >= 4 is 17.4 Å². The molecule has 1 saturated heterocycles. The zero-order valence-corrected chi connectivity index (χ0v) is 22.1. The molecule has 39 heavy (non-hydrogen) atoms. The topological polar surface area (TPSA) is 145 Å². The van der Waals surface area contributed by atoms with Gasteiger partial charge in [-0.05, 0) is 74.9 Å². The molecule has 2 aromatic rings. The van der Waals surface area contributed by atoms with Gasteiger partial charge in [-0.1, -0.05) is 42.5 Å². The number of hydrogen-bond donors (Lipinski definition) is 4. The lowest BCUT2D eigenvalue weighted by Gasteiger charge is -2.63. The second kappa shape index (κ2) is 10.1. The summed E-state index contributed by atoms with van der Waals surface area (Å²) in [6.45, 7) is 5.35. The molecular weight excluding hydrogens is 496 g/mol. The number of nitroso groups, excluding NO2 is 1. The summed E-state index contributed by atoms with van der Waals surface area (Å²) in [5.41, 5.74) is 8.17. The fourth-order valence-corrected chi connectivity index (χ4v) is 7.04. The summed E-state index contributed by atoms with van der Waals surface area (Å²) in [6, 6.07) is 10.5. The number of likely N-dealkylation sites (N-methyl/N-ethyl adjacent to an activating group) is 1. The summed E-state index contributed by atoms with van der Waals surface area (Å²) in [6.07, 6.45) is 4.83. The molecule has 0 radical (unpaired) electrons. The number of amides is 2. The van der Waals surface area contributed by atoms with Crippen LogP contribution < -0.4 is 11.1 Å². The highest BCUT2D eigenvalue weighted by Crippen LogP contribution is 2.60. The average molecular weight is 531 g/mol. The van der Waals surface area contributed by atoms with Crippen LogP contribution in [0.3, 0.4) is 0 Å². The Balaban J connectivity index is 1.34.